The lowest BCUT2D eigenvalue weighted by molar-refractivity contribution is -0.127. The van der Waals surface area contributed by atoms with Gasteiger partial charge >= 0.3 is 0 Å². The van der Waals surface area contributed by atoms with E-state index in [9.17, 15) is 4.79 Å². The van der Waals surface area contributed by atoms with Gasteiger partial charge < -0.3 is 9.47 Å². The van der Waals surface area contributed by atoms with Crippen molar-refractivity contribution in [1.29, 1.82) is 0 Å². The van der Waals surface area contributed by atoms with Gasteiger partial charge in [-0.2, -0.15) is 10.2 Å². The number of nitrogens with zero attached hydrogens (tertiary/aromatic N) is 3. The van der Waals surface area contributed by atoms with Crippen molar-refractivity contribution in [3.63, 3.8) is 0 Å². The molecule has 3 aromatic rings. The Balaban J connectivity index is 1.51. The van der Waals surface area contributed by atoms with Gasteiger partial charge in [-0.05, 0) is 50.2 Å². The van der Waals surface area contributed by atoms with Crippen LogP contribution in [0, 0.1) is 0 Å². The maximum absolute atomic E-state index is 12.1. The Labute approximate surface area is 163 Å². The number of hydrogen-bond donors (Lipinski definition) is 1. The van der Waals surface area contributed by atoms with Crippen LogP contribution in [0.25, 0.3) is 5.69 Å². The normalized spacial score (nSPS) is 11.9. The van der Waals surface area contributed by atoms with E-state index < -0.39 is 6.10 Å². The first-order valence-electron chi connectivity index (χ1n) is 8.98. The summed E-state index contributed by atoms with van der Waals surface area (Å²) < 4.78 is 12.7. The Kier molecular flexibility index (Phi) is 6.41. The topological polar surface area (TPSA) is 77.7 Å². The average Bonchev–Trinajstić information content (AvgIpc) is 3.19. The predicted molar refractivity (Wildman–Crippen MR) is 107 cm³/mol. The molecule has 0 aliphatic heterocycles. The van der Waals surface area contributed by atoms with Crippen LogP contribution in [0.4, 0.5) is 0 Å². The summed E-state index contributed by atoms with van der Waals surface area (Å²) in [5.41, 5.74) is 4.19. The highest BCUT2D eigenvalue weighted by atomic mass is 16.5. The molecule has 144 valence electrons. The highest BCUT2D eigenvalue weighted by molar-refractivity contribution is 5.84. The van der Waals surface area contributed by atoms with Crippen LogP contribution in [0.2, 0.25) is 0 Å². The second-order valence-corrected chi connectivity index (χ2v) is 5.95. The monoisotopic (exact) mass is 378 g/mol. The molecule has 1 N–H and O–H groups in total. The van der Waals surface area contributed by atoms with Crippen LogP contribution in [-0.4, -0.2) is 34.6 Å². The quantitative estimate of drug-likeness (QED) is 0.482. The highest BCUT2D eigenvalue weighted by Gasteiger charge is 2.14. The molecule has 0 aliphatic rings. The van der Waals surface area contributed by atoms with Gasteiger partial charge in [0.15, 0.2) is 6.10 Å². The molecule has 0 spiro atoms. The minimum absolute atomic E-state index is 0.347. The van der Waals surface area contributed by atoms with E-state index in [1.165, 1.54) is 6.21 Å². The molecule has 1 heterocycles. The van der Waals surface area contributed by atoms with Crippen molar-refractivity contribution in [2.45, 2.75) is 20.0 Å². The number of rotatable bonds is 8. The van der Waals surface area contributed by atoms with E-state index in [1.807, 2.05) is 43.5 Å². The van der Waals surface area contributed by atoms with Crippen LogP contribution < -0.4 is 14.9 Å². The Morgan fingerprint density at radius 3 is 2.61 bits per heavy atom. The molecule has 0 unspecified atom stereocenters. The molecule has 1 aromatic heterocycles. The molecule has 0 bridgehead atoms. The minimum atomic E-state index is -0.692. The van der Waals surface area contributed by atoms with Gasteiger partial charge in [0.25, 0.3) is 5.91 Å². The highest BCUT2D eigenvalue weighted by Crippen LogP contribution is 2.18. The summed E-state index contributed by atoms with van der Waals surface area (Å²) in [6, 6.07) is 16.9. The molecule has 0 saturated carbocycles. The molecular formula is C21H22N4O3. The maximum atomic E-state index is 12.1. The summed E-state index contributed by atoms with van der Waals surface area (Å²) >= 11 is 0. The fraction of sp³-hybridized carbons (Fsp3) is 0.190. The number of aromatic nitrogens is 2. The number of nitrogens with one attached hydrogen (secondary N) is 1. The zero-order valence-corrected chi connectivity index (χ0v) is 15.8. The number of hydrogen-bond acceptors (Lipinski definition) is 5. The second-order valence-electron chi connectivity index (χ2n) is 5.95. The number of carbonyl (C=O) groups excluding carboxylic acids is 1. The molecule has 1 atom stereocenters. The number of amides is 1. The lowest BCUT2D eigenvalue weighted by Crippen LogP contribution is -2.33. The first-order chi connectivity index (χ1) is 13.7. The van der Waals surface area contributed by atoms with Crippen molar-refractivity contribution < 1.29 is 14.3 Å². The molecule has 0 saturated heterocycles. The molecule has 3 rings (SSSR count). The van der Waals surface area contributed by atoms with Crippen LogP contribution in [0.5, 0.6) is 11.5 Å². The summed E-state index contributed by atoms with van der Waals surface area (Å²) in [7, 11) is 0. The molecule has 7 nitrogen and oxygen atoms in total. The Morgan fingerprint density at radius 2 is 1.89 bits per heavy atom. The number of ether oxygens (including phenoxy) is 2. The molecule has 0 fully saturated rings. The summed E-state index contributed by atoms with van der Waals surface area (Å²) in [4.78, 5) is 12.1. The first kappa shape index (κ1) is 19.2. The van der Waals surface area contributed by atoms with Gasteiger partial charge in [0.1, 0.15) is 11.5 Å². The van der Waals surface area contributed by atoms with E-state index >= 15 is 0 Å². The smallest absolute Gasteiger partial charge is 0.280 e. The summed E-state index contributed by atoms with van der Waals surface area (Å²) in [5.74, 6) is 0.993. The summed E-state index contributed by atoms with van der Waals surface area (Å²) in [5, 5.41) is 8.24. The molecule has 2 aromatic carbocycles. The first-order valence-corrected chi connectivity index (χ1v) is 8.98. The van der Waals surface area contributed by atoms with Crippen LogP contribution in [0.15, 0.2) is 72.1 Å². The van der Waals surface area contributed by atoms with Crippen LogP contribution in [0.3, 0.4) is 0 Å². The van der Waals surface area contributed by atoms with E-state index in [0.717, 1.165) is 17.0 Å². The third-order valence-electron chi connectivity index (χ3n) is 3.83. The van der Waals surface area contributed by atoms with E-state index in [0.29, 0.717) is 12.4 Å². The van der Waals surface area contributed by atoms with E-state index in [4.69, 9.17) is 9.47 Å². The summed E-state index contributed by atoms with van der Waals surface area (Å²) in [6.45, 7) is 4.18. The van der Waals surface area contributed by atoms with Crippen molar-refractivity contribution in [1.82, 2.24) is 15.2 Å². The SMILES string of the molecule is CCOc1ccc(O[C@H](C)C(=O)N/N=C\c2cnn(-c3ccccc3)c2)cc1. The maximum Gasteiger partial charge on any atom is 0.280 e. The molecule has 7 heteroatoms. The van der Waals surface area contributed by atoms with Gasteiger partial charge in [-0.25, -0.2) is 10.1 Å². The zero-order chi connectivity index (χ0) is 19.8. The van der Waals surface area contributed by atoms with Gasteiger partial charge in [0.2, 0.25) is 0 Å². The van der Waals surface area contributed by atoms with E-state index in [1.54, 1.807) is 42.1 Å². The third-order valence-corrected chi connectivity index (χ3v) is 3.83. The van der Waals surface area contributed by atoms with Crippen LogP contribution in [-0.2, 0) is 4.79 Å². The molecular weight excluding hydrogens is 356 g/mol. The van der Waals surface area contributed by atoms with Gasteiger partial charge in [0, 0.05) is 11.8 Å². The van der Waals surface area contributed by atoms with Crippen molar-refractivity contribution in [3.05, 3.63) is 72.6 Å². The van der Waals surface area contributed by atoms with Gasteiger partial charge in [-0.3, -0.25) is 4.79 Å². The summed E-state index contributed by atoms with van der Waals surface area (Å²) in [6.07, 6.45) is 4.34. The van der Waals surface area contributed by atoms with E-state index in [-0.39, 0.29) is 5.91 Å². The standard InChI is InChI=1S/C21H22N4O3/c1-3-27-19-9-11-20(12-10-19)28-16(2)21(26)24-22-13-17-14-23-25(15-17)18-7-5-4-6-8-18/h4-16H,3H2,1-2H3,(H,24,26)/b22-13-/t16-/m1/s1. The van der Waals surface area contributed by atoms with Crippen LogP contribution in [0.1, 0.15) is 19.4 Å². The molecule has 28 heavy (non-hydrogen) atoms. The minimum Gasteiger partial charge on any atom is -0.494 e. The van der Waals surface area contributed by atoms with Crippen molar-refractivity contribution >= 4 is 12.1 Å². The fourth-order valence-electron chi connectivity index (χ4n) is 2.43. The average molecular weight is 378 g/mol. The largest absolute Gasteiger partial charge is 0.494 e. The van der Waals surface area contributed by atoms with Crippen molar-refractivity contribution in [2.24, 2.45) is 5.10 Å². The lowest BCUT2D eigenvalue weighted by atomic mass is 10.3. The van der Waals surface area contributed by atoms with Crippen LogP contribution >= 0.6 is 0 Å². The fourth-order valence-corrected chi connectivity index (χ4v) is 2.43. The molecule has 1 amide bonds. The number of para-hydroxylation sites is 1. The lowest BCUT2D eigenvalue weighted by Gasteiger charge is -2.13. The van der Waals surface area contributed by atoms with Gasteiger partial charge in [0.05, 0.1) is 24.7 Å². The molecule has 0 aliphatic carbocycles. The molecule has 0 radical (unpaired) electrons. The Hall–Kier alpha value is -3.61. The Morgan fingerprint density at radius 1 is 1.18 bits per heavy atom. The van der Waals surface area contributed by atoms with Crippen molar-refractivity contribution in [3.8, 4) is 17.2 Å². The van der Waals surface area contributed by atoms with Gasteiger partial charge in [-0.1, -0.05) is 18.2 Å². The number of hydrazone groups is 1. The van der Waals surface area contributed by atoms with Crippen molar-refractivity contribution in [2.75, 3.05) is 6.61 Å². The Bertz CT molecular complexity index is 920. The zero-order valence-electron chi connectivity index (χ0n) is 15.8. The third kappa shape index (κ3) is 5.20. The van der Waals surface area contributed by atoms with Gasteiger partial charge in [-0.15, -0.1) is 0 Å². The second kappa shape index (κ2) is 9.36. The predicted octanol–water partition coefficient (Wildman–Crippen LogP) is 3.19. The number of benzene rings is 2. The van der Waals surface area contributed by atoms with E-state index in [2.05, 4.69) is 15.6 Å². The number of carbonyl (C=O) groups is 1.